The third-order valence-electron chi connectivity index (χ3n) is 7.12. The van der Waals surface area contributed by atoms with Crippen molar-refractivity contribution in [3.8, 4) is 0 Å². The number of ether oxygens (including phenoxy) is 7. The van der Waals surface area contributed by atoms with Crippen molar-refractivity contribution in [2.75, 3.05) is 0 Å². The lowest BCUT2D eigenvalue weighted by Gasteiger charge is -2.36. The van der Waals surface area contributed by atoms with Crippen molar-refractivity contribution in [1.29, 1.82) is 0 Å². The number of amides is 1. The Bertz CT molecular complexity index is 1250. The molecule has 3 aliphatic rings. The first-order chi connectivity index (χ1) is 20.0. The molecule has 0 unspecified atom stereocenters. The molecule has 0 aromatic heterocycles. The van der Waals surface area contributed by atoms with Gasteiger partial charge in [0.15, 0.2) is 24.0 Å². The van der Waals surface area contributed by atoms with Crippen molar-refractivity contribution in [3.63, 3.8) is 0 Å². The van der Waals surface area contributed by atoms with E-state index in [0.717, 1.165) is 11.1 Å². The molecule has 3 heterocycles. The molecule has 0 aliphatic carbocycles. The van der Waals surface area contributed by atoms with Gasteiger partial charge in [-0.15, -0.1) is 0 Å². The zero-order valence-electron chi connectivity index (χ0n) is 24.1. The molecule has 2 aromatic rings. The monoisotopic (exact) mass is 583 g/mol. The quantitative estimate of drug-likeness (QED) is 0.417. The van der Waals surface area contributed by atoms with Gasteiger partial charge >= 0.3 is 11.9 Å². The molecule has 1 N–H and O–H groups in total. The number of carbonyl (C=O) groups excluding carboxylic acids is 3. The molecular formula is C31H37NO10. The van der Waals surface area contributed by atoms with Crippen LogP contribution in [0.4, 0.5) is 0 Å². The summed E-state index contributed by atoms with van der Waals surface area (Å²) in [6, 6.07) is 17.2. The zero-order valence-corrected chi connectivity index (χ0v) is 24.1. The van der Waals surface area contributed by atoms with E-state index < -0.39 is 66.2 Å². The van der Waals surface area contributed by atoms with Gasteiger partial charge in [-0.3, -0.25) is 9.59 Å². The van der Waals surface area contributed by atoms with Gasteiger partial charge in [-0.2, -0.15) is 0 Å². The lowest BCUT2D eigenvalue weighted by molar-refractivity contribution is -0.231. The highest BCUT2D eigenvalue weighted by Crippen LogP contribution is 2.44. The Hall–Kier alpha value is -3.35. The van der Waals surface area contributed by atoms with E-state index in [4.69, 9.17) is 33.2 Å². The summed E-state index contributed by atoms with van der Waals surface area (Å²) in [5, 5.41) is 2.71. The van der Waals surface area contributed by atoms with Crippen LogP contribution >= 0.6 is 0 Å². The number of hydrogen-bond donors (Lipinski definition) is 1. The molecule has 0 spiro atoms. The van der Waals surface area contributed by atoms with Crippen LogP contribution in [0, 0.1) is 0 Å². The molecule has 0 saturated carbocycles. The molecule has 0 radical (unpaired) electrons. The van der Waals surface area contributed by atoms with Crippen molar-refractivity contribution in [1.82, 2.24) is 5.32 Å². The van der Waals surface area contributed by atoms with Gasteiger partial charge in [0, 0.05) is 6.42 Å². The highest BCUT2D eigenvalue weighted by molar-refractivity contribution is 5.88. The van der Waals surface area contributed by atoms with E-state index in [0.29, 0.717) is 0 Å². The van der Waals surface area contributed by atoms with Crippen molar-refractivity contribution < 1.29 is 47.5 Å². The maximum Gasteiger partial charge on any atom is 0.328 e. The molecule has 11 nitrogen and oxygen atoms in total. The average molecular weight is 584 g/mol. The second-order valence-corrected chi connectivity index (χ2v) is 11.4. The molecule has 2 aromatic carbocycles. The Balaban J connectivity index is 1.26. The van der Waals surface area contributed by atoms with Crippen LogP contribution < -0.4 is 5.32 Å². The first kappa shape index (κ1) is 30.1. The molecule has 0 bridgehead atoms. The van der Waals surface area contributed by atoms with E-state index in [2.05, 4.69) is 5.32 Å². The van der Waals surface area contributed by atoms with Crippen LogP contribution in [0.1, 0.15) is 51.7 Å². The molecule has 226 valence electrons. The zero-order chi connectivity index (χ0) is 29.9. The summed E-state index contributed by atoms with van der Waals surface area (Å²) < 4.78 is 40.9. The number of carbonyl (C=O) groups is 3. The van der Waals surface area contributed by atoms with Crippen LogP contribution in [0.25, 0.3) is 0 Å². The number of esters is 2. The first-order valence-electron chi connectivity index (χ1n) is 14.1. The number of rotatable bonds is 10. The van der Waals surface area contributed by atoms with E-state index in [1.54, 1.807) is 27.7 Å². The molecule has 1 amide bonds. The highest BCUT2D eigenvalue weighted by atomic mass is 16.9. The van der Waals surface area contributed by atoms with Gasteiger partial charge in [0.25, 0.3) is 5.91 Å². The molecule has 3 aliphatic heterocycles. The third-order valence-corrected chi connectivity index (χ3v) is 7.12. The lowest BCUT2D eigenvalue weighted by Crippen LogP contribution is -2.61. The summed E-state index contributed by atoms with van der Waals surface area (Å²) in [4.78, 5) is 39.4. The maximum atomic E-state index is 13.7. The third kappa shape index (κ3) is 7.34. The van der Waals surface area contributed by atoms with Crippen LogP contribution in [-0.4, -0.2) is 66.2 Å². The van der Waals surface area contributed by atoms with Crippen molar-refractivity contribution in [2.45, 2.75) is 102 Å². The summed E-state index contributed by atoms with van der Waals surface area (Å²) >= 11 is 0. The molecular weight excluding hydrogens is 546 g/mol. The number of fused-ring (bicyclic) bond motifs is 3. The summed E-state index contributed by atoms with van der Waals surface area (Å²) in [7, 11) is 0. The minimum atomic E-state index is -1.18. The second kappa shape index (κ2) is 12.5. The van der Waals surface area contributed by atoms with Crippen LogP contribution in [0.2, 0.25) is 0 Å². The molecule has 6 atom stereocenters. The summed E-state index contributed by atoms with van der Waals surface area (Å²) in [6.45, 7) is 7.07. The largest absolute Gasteiger partial charge is 0.461 e. The van der Waals surface area contributed by atoms with Gasteiger partial charge < -0.3 is 38.5 Å². The van der Waals surface area contributed by atoms with Crippen LogP contribution in [0.3, 0.4) is 0 Å². The van der Waals surface area contributed by atoms with Crippen LogP contribution in [0.5, 0.6) is 0 Å². The maximum absolute atomic E-state index is 13.7. The normalized spacial score (nSPS) is 27.8. The minimum Gasteiger partial charge on any atom is -0.461 e. The Labute approximate surface area is 244 Å². The topological polar surface area (TPSA) is 128 Å². The van der Waals surface area contributed by atoms with Crippen LogP contribution in [-0.2, 0) is 60.8 Å². The fraction of sp³-hybridized carbons (Fsp3) is 0.516. The fourth-order valence-corrected chi connectivity index (χ4v) is 5.23. The Morgan fingerprint density at radius 2 is 1.31 bits per heavy atom. The van der Waals surface area contributed by atoms with E-state index in [9.17, 15) is 14.4 Å². The van der Waals surface area contributed by atoms with Crippen LogP contribution in [0.15, 0.2) is 60.7 Å². The highest BCUT2D eigenvalue weighted by Gasteiger charge is 2.62. The van der Waals surface area contributed by atoms with Crippen molar-refractivity contribution in [2.24, 2.45) is 0 Å². The SMILES string of the molecule is CC1(C)O[C@H]2[C@@H](O1)[C@H](C(=O)N[C@@H](CCC(=O)OCc1ccccc1)C(=O)OCc1ccccc1)O[C@H]1OC(C)(C)O[C@@H]12. The standard InChI is InChI=1S/C31H37NO10/c1-30(2)39-23-24(40-30)26-29(42-31(3,4)41-26)38-25(23)27(34)32-21(28(35)37-18-20-13-9-6-10-14-20)15-16-22(33)36-17-19-11-7-5-8-12-19/h5-14,21,23-26,29H,15-18H2,1-4H3,(H,32,34)/t21-,23+,24-,25+,26+,29-/m0/s1. The smallest absolute Gasteiger partial charge is 0.328 e. The first-order valence-corrected chi connectivity index (χ1v) is 14.1. The lowest BCUT2D eigenvalue weighted by atomic mass is 9.98. The summed E-state index contributed by atoms with van der Waals surface area (Å²) in [5.74, 6) is -3.79. The molecule has 3 fully saturated rings. The van der Waals surface area contributed by atoms with Gasteiger partial charge in [0.1, 0.15) is 37.6 Å². The summed E-state index contributed by atoms with van der Waals surface area (Å²) in [6.07, 6.45) is -4.31. The van der Waals surface area contributed by atoms with E-state index in [-0.39, 0.29) is 26.1 Å². The van der Waals surface area contributed by atoms with Gasteiger partial charge in [0.05, 0.1) is 0 Å². The van der Waals surface area contributed by atoms with Gasteiger partial charge in [0.2, 0.25) is 0 Å². The Morgan fingerprint density at radius 1 is 0.762 bits per heavy atom. The number of hydrogen-bond acceptors (Lipinski definition) is 10. The Morgan fingerprint density at radius 3 is 1.95 bits per heavy atom. The molecule has 3 saturated heterocycles. The fourth-order valence-electron chi connectivity index (χ4n) is 5.23. The van der Waals surface area contributed by atoms with Gasteiger partial charge in [-0.05, 0) is 45.2 Å². The Kier molecular flexibility index (Phi) is 8.95. The number of nitrogens with one attached hydrogen (secondary N) is 1. The van der Waals surface area contributed by atoms with E-state index in [1.165, 1.54) is 0 Å². The van der Waals surface area contributed by atoms with Crippen molar-refractivity contribution in [3.05, 3.63) is 71.8 Å². The van der Waals surface area contributed by atoms with Gasteiger partial charge in [-0.1, -0.05) is 60.7 Å². The van der Waals surface area contributed by atoms with Gasteiger partial charge in [-0.25, -0.2) is 4.79 Å². The van der Waals surface area contributed by atoms with Crippen molar-refractivity contribution >= 4 is 17.8 Å². The molecule has 42 heavy (non-hydrogen) atoms. The van der Waals surface area contributed by atoms with E-state index in [1.807, 2.05) is 60.7 Å². The predicted molar refractivity (Wildman–Crippen MR) is 146 cm³/mol. The van der Waals surface area contributed by atoms with E-state index >= 15 is 0 Å². The predicted octanol–water partition coefficient (Wildman–Crippen LogP) is 3.13. The second-order valence-electron chi connectivity index (χ2n) is 11.4. The molecule has 5 rings (SSSR count). The number of benzene rings is 2. The average Bonchev–Trinajstić information content (AvgIpc) is 3.46. The minimum absolute atomic E-state index is 0.00425. The summed E-state index contributed by atoms with van der Waals surface area (Å²) in [5.41, 5.74) is 1.62. The molecule has 11 heteroatoms.